The Morgan fingerprint density at radius 3 is 2.58 bits per heavy atom. The van der Waals surface area contributed by atoms with Crippen molar-refractivity contribution in [3.8, 4) is 11.5 Å². The van der Waals surface area contributed by atoms with Crippen molar-refractivity contribution in [1.82, 2.24) is 15.0 Å². The van der Waals surface area contributed by atoms with Crippen LogP contribution in [0.25, 0.3) is 11.5 Å². The molecule has 2 aromatic heterocycles. The normalized spacial score (nSPS) is 11.7. The van der Waals surface area contributed by atoms with Gasteiger partial charge in [0.2, 0.25) is 5.89 Å². The maximum absolute atomic E-state index is 13.2. The minimum Gasteiger partial charge on any atom is -0.444 e. The Kier molecular flexibility index (Phi) is 4.81. The Balaban J connectivity index is 1.75. The molecule has 0 aliphatic heterocycles. The van der Waals surface area contributed by atoms with Gasteiger partial charge >= 0.3 is 6.18 Å². The lowest BCUT2D eigenvalue weighted by Gasteiger charge is -2.06. The van der Waals surface area contributed by atoms with Gasteiger partial charge in [0, 0.05) is 17.4 Å². The summed E-state index contributed by atoms with van der Waals surface area (Å²) in [5.41, 5.74) is -1.72. The summed E-state index contributed by atoms with van der Waals surface area (Å²) in [5, 5.41) is -0.234. The second-order valence-corrected chi connectivity index (χ2v) is 5.96. The summed E-state index contributed by atoms with van der Waals surface area (Å²) in [4.78, 5) is 20.9. The van der Waals surface area contributed by atoms with Gasteiger partial charge in [-0.1, -0.05) is 11.8 Å². The predicted molar refractivity (Wildman–Crippen MR) is 81.3 cm³/mol. The van der Waals surface area contributed by atoms with Crippen LogP contribution in [0.2, 0.25) is 0 Å². The third kappa shape index (κ3) is 4.10. The monoisotopic (exact) mass is 389 g/mol. The van der Waals surface area contributed by atoms with Crippen LogP contribution in [-0.2, 0) is 11.9 Å². The van der Waals surface area contributed by atoms with Crippen LogP contribution in [0.1, 0.15) is 11.4 Å². The third-order valence-corrected chi connectivity index (χ3v) is 3.99. The van der Waals surface area contributed by atoms with Gasteiger partial charge in [-0.15, -0.1) is 0 Å². The second kappa shape index (κ2) is 6.90. The zero-order valence-corrected chi connectivity index (χ0v) is 13.4. The molecule has 5 nitrogen and oxygen atoms in total. The van der Waals surface area contributed by atoms with Crippen molar-refractivity contribution in [3.63, 3.8) is 0 Å². The lowest BCUT2D eigenvalue weighted by molar-refractivity contribution is -0.141. The van der Waals surface area contributed by atoms with Gasteiger partial charge in [-0.3, -0.25) is 4.79 Å². The summed E-state index contributed by atoms with van der Waals surface area (Å²) in [6, 6.07) is 3.46. The number of hydrogen-bond acceptors (Lipinski definition) is 5. The molecule has 0 aliphatic rings. The van der Waals surface area contributed by atoms with E-state index in [9.17, 15) is 26.7 Å². The highest BCUT2D eigenvalue weighted by molar-refractivity contribution is 7.98. The van der Waals surface area contributed by atoms with E-state index in [1.165, 1.54) is 12.3 Å². The molecule has 0 fully saturated rings. The van der Waals surface area contributed by atoms with Crippen molar-refractivity contribution >= 4 is 11.8 Å². The van der Waals surface area contributed by atoms with Crippen molar-refractivity contribution in [2.45, 2.75) is 17.1 Å². The van der Waals surface area contributed by atoms with Crippen molar-refractivity contribution in [3.05, 3.63) is 63.9 Å². The number of aromatic amines is 1. The molecule has 0 unspecified atom stereocenters. The highest BCUT2D eigenvalue weighted by Gasteiger charge is 2.33. The minimum atomic E-state index is -4.74. The zero-order valence-electron chi connectivity index (χ0n) is 12.6. The summed E-state index contributed by atoms with van der Waals surface area (Å²) in [7, 11) is 0. The third-order valence-electron chi connectivity index (χ3n) is 3.09. The average Bonchev–Trinajstić information content (AvgIpc) is 3.03. The van der Waals surface area contributed by atoms with Crippen molar-refractivity contribution < 1.29 is 26.4 Å². The van der Waals surface area contributed by atoms with E-state index in [0.29, 0.717) is 11.8 Å². The predicted octanol–water partition coefficient (Wildman–Crippen LogP) is 4.01. The number of nitrogens with zero attached hydrogens (tertiary/aromatic N) is 2. The largest absolute Gasteiger partial charge is 0.444 e. The SMILES string of the molecule is O=c1cc(C(F)(F)F)nc(SCc2coc(-c3ccc(F)c(F)c3)n2)[nH]1. The highest BCUT2D eigenvalue weighted by atomic mass is 32.2. The number of rotatable bonds is 4. The Labute approximate surface area is 146 Å². The van der Waals surface area contributed by atoms with Crippen LogP contribution in [0.3, 0.4) is 0 Å². The topological polar surface area (TPSA) is 71.8 Å². The molecule has 0 bridgehead atoms. The number of aromatic nitrogens is 3. The number of hydrogen-bond donors (Lipinski definition) is 1. The fourth-order valence-corrected chi connectivity index (χ4v) is 2.68. The molecule has 136 valence electrons. The Bertz CT molecular complexity index is 999. The van der Waals surface area contributed by atoms with Crippen LogP contribution >= 0.6 is 11.8 Å². The van der Waals surface area contributed by atoms with Crippen LogP contribution in [-0.4, -0.2) is 15.0 Å². The fourth-order valence-electron chi connectivity index (χ4n) is 1.93. The maximum Gasteiger partial charge on any atom is 0.433 e. The van der Waals surface area contributed by atoms with Gasteiger partial charge in [-0.05, 0) is 18.2 Å². The molecular weight excluding hydrogens is 381 g/mol. The highest BCUT2D eigenvalue weighted by Crippen LogP contribution is 2.28. The molecule has 0 atom stereocenters. The van der Waals surface area contributed by atoms with E-state index in [-0.39, 0.29) is 22.4 Å². The van der Waals surface area contributed by atoms with Crippen molar-refractivity contribution in [2.75, 3.05) is 0 Å². The zero-order chi connectivity index (χ0) is 18.9. The summed E-state index contributed by atoms with van der Waals surface area (Å²) < 4.78 is 69.3. The van der Waals surface area contributed by atoms with Gasteiger partial charge in [-0.25, -0.2) is 18.7 Å². The molecule has 0 spiro atoms. The summed E-state index contributed by atoms with van der Waals surface area (Å²) >= 11 is 0.809. The number of halogens is 5. The summed E-state index contributed by atoms with van der Waals surface area (Å²) in [6.45, 7) is 0. The van der Waals surface area contributed by atoms with E-state index in [1.807, 2.05) is 0 Å². The lowest BCUT2D eigenvalue weighted by Crippen LogP contribution is -2.16. The lowest BCUT2D eigenvalue weighted by atomic mass is 10.2. The smallest absolute Gasteiger partial charge is 0.433 e. The van der Waals surface area contributed by atoms with E-state index in [0.717, 1.165) is 23.9 Å². The molecule has 0 saturated heterocycles. The molecule has 0 aliphatic carbocycles. The molecule has 26 heavy (non-hydrogen) atoms. The molecule has 3 rings (SSSR count). The molecule has 3 aromatic rings. The first-order chi connectivity index (χ1) is 12.2. The molecule has 1 aromatic carbocycles. The van der Waals surface area contributed by atoms with Gasteiger partial charge in [0.25, 0.3) is 5.56 Å². The van der Waals surface area contributed by atoms with Gasteiger partial charge in [0.05, 0.1) is 5.69 Å². The quantitative estimate of drug-likeness (QED) is 0.415. The van der Waals surface area contributed by atoms with E-state index in [1.54, 1.807) is 0 Å². The van der Waals surface area contributed by atoms with Crippen LogP contribution in [0, 0.1) is 11.6 Å². The molecule has 0 radical (unpaired) electrons. The van der Waals surface area contributed by atoms with Gasteiger partial charge in [0.15, 0.2) is 22.5 Å². The van der Waals surface area contributed by atoms with Gasteiger partial charge in [0.1, 0.15) is 6.26 Å². The Morgan fingerprint density at radius 1 is 1.12 bits per heavy atom. The molecule has 1 N–H and O–H groups in total. The number of benzene rings is 1. The van der Waals surface area contributed by atoms with E-state index < -0.39 is 29.1 Å². The Hall–Kier alpha value is -2.69. The van der Waals surface area contributed by atoms with Crippen LogP contribution < -0.4 is 5.56 Å². The summed E-state index contributed by atoms with van der Waals surface area (Å²) in [6.07, 6.45) is -3.52. The van der Waals surface area contributed by atoms with Crippen LogP contribution in [0.5, 0.6) is 0 Å². The van der Waals surface area contributed by atoms with Crippen molar-refractivity contribution in [2.24, 2.45) is 0 Å². The molecule has 11 heteroatoms. The molecule has 0 amide bonds. The number of nitrogens with one attached hydrogen (secondary N) is 1. The summed E-state index contributed by atoms with van der Waals surface area (Å²) in [5.74, 6) is -2.03. The maximum atomic E-state index is 13.2. The standard InChI is InChI=1S/C15H8F5N3O2S/c16-9-2-1-7(3-10(9)17)13-21-8(5-25-13)6-26-14-22-11(15(18,19)20)4-12(24)23-14/h1-5H,6H2,(H,22,23,24). The molecule has 2 heterocycles. The van der Waals surface area contributed by atoms with Crippen molar-refractivity contribution in [1.29, 1.82) is 0 Å². The first kappa shape index (κ1) is 18.1. The number of H-pyrrole nitrogens is 1. The van der Waals surface area contributed by atoms with Crippen LogP contribution in [0.4, 0.5) is 22.0 Å². The molecule has 0 saturated carbocycles. The second-order valence-electron chi connectivity index (χ2n) is 5.00. The first-order valence-electron chi connectivity index (χ1n) is 6.93. The van der Waals surface area contributed by atoms with Gasteiger partial charge < -0.3 is 9.40 Å². The van der Waals surface area contributed by atoms with E-state index in [2.05, 4.69) is 15.0 Å². The molecular formula is C15H8F5N3O2S. The fraction of sp³-hybridized carbons (Fsp3) is 0.133. The first-order valence-corrected chi connectivity index (χ1v) is 7.92. The average molecular weight is 389 g/mol. The van der Waals surface area contributed by atoms with E-state index in [4.69, 9.17) is 4.42 Å². The number of thioether (sulfide) groups is 1. The van der Waals surface area contributed by atoms with Gasteiger partial charge in [-0.2, -0.15) is 13.2 Å². The number of oxazole rings is 1. The van der Waals surface area contributed by atoms with E-state index >= 15 is 0 Å². The minimum absolute atomic E-state index is 0.0185. The Morgan fingerprint density at radius 2 is 1.88 bits per heavy atom. The van der Waals surface area contributed by atoms with Crippen LogP contribution in [0.15, 0.2) is 44.9 Å². The number of alkyl halides is 3.